The minimum Gasteiger partial charge on any atom is -0.496 e. The highest BCUT2D eigenvalue weighted by Crippen LogP contribution is 2.29. The number of methoxy groups -OCH3 is 1. The maximum Gasteiger partial charge on any atom is 0.243 e. The molecular formula is C16H19BrN2O4S. The van der Waals surface area contributed by atoms with Crippen molar-refractivity contribution in [2.24, 2.45) is 0 Å². The van der Waals surface area contributed by atoms with Crippen LogP contribution < -0.4 is 4.74 Å². The van der Waals surface area contributed by atoms with Gasteiger partial charge in [0.05, 0.1) is 16.5 Å². The number of aromatic nitrogens is 1. The van der Waals surface area contributed by atoms with E-state index in [1.54, 1.807) is 30.6 Å². The molecule has 1 N–H and O–H groups in total. The third-order valence-corrected chi connectivity index (χ3v) is 5.93. The van der Waals surface area contributed by atoms with Crippen molar-refractivity contribution in [3.63, 3.8) is 0 Å². The first-order valence-corrected chi connectivity index (χ1v) is 9.56. The number of nitrogens with zero attached hydrogens (tertiary/aromatic N) is 2. The number of aliphatic hydroxyl groups excluding tert-OH is 1. The third-order valence-electron chi connectivity index (χ3n) is 3.43. The molecule has 0 spiro atoms. The molecule has 6 nitrogen and oxygen atoms in total. The summed E-state index contributed by atoms with van der Waals surface area (Å²) in [5, 5.41) is 9.08. The van der Waals surface area contributed by atoms with E-state index in [-0.39, 0.29) is 24.6 Å². The largest absolute Gasteiger partial charge is 0.496 e. The van der Waals surface area contributed by atoms with E-state index in [2.05, 4.69) is 20.9 Å². The summed E-state index contributed by atoms with van der Waals surface area (Å²) in [7, 11) is -2.24. The molecule has 130 valence electrons. The van der Waals surface area contributed by atoms with Crippen LogP contribution in [0.1, 0.15) is 12.0 Å². The van der Waals surface area contributed by atoms with Gasteiger partial charge in [0.15, 0.2) is 0 Å². The Kier molecular flexibility index (Phi) is 6.73. The lowest BCUT2D eigenvalue weighted by molar-refractivity contribution is 0.267. The standard InChI is InChI=1S/C16H19BrN2O4S/c1-23-16-11-14(3-4-15(16)17)24(21,22)19(9-2-10-20)12-13-5-7-18-8-6-13/h3-8,11,20H,2,9-10,12H2,1H3. The average molecular weight is 415 g/mol. The smallest absolute Gasteiger partial charge is 0.243 e. The zero-order chi connectivity index (χ0) is 17.6. The maximum atomic E-state index is 13.0. The quantitative estimate of drug-likeness (QED) is 0.717. The molecule has 0 aliphatic heterocycles. The molecule has 0 fully saturated rings. The Balaban J connectivity index is 2.35. The van der Waals surface area contributed by atoms with Gasteiger partial charge < -0.3 is 9.84 Å². The minimum absolute atomic E-state index is 0.0774. The Morgan fingerprint density at radius 3 is 2.58 bits per heavy atom. The van der Waals surface area contributed by atoms with E-state index < -0.39 is 10.0 Å². The predicted molar refractivity (Wildman–Crippen MR) is 94.2 cm³/mol. The zero-order valence-electron chi connectivity index (χ0n) is 13.2. The molecule has 0 bridgehead atoms. The maximum absolute atomic E-state index is 13.0. The van der Waals surface area contributed by atoms with Crippen LogP contribution in [0.25, 0.3) is 0 Å². The van der Waals surface area contributed by atoms with Crippen molar-refractivity contribution in [2.45, 2.75) is 17.9 Å². The summed E-state index contributed by atoms with van der Waals surface area (Å²) in [6, 6.07) is 8.19. The highest BCUT2D eigenvalue weighted by molar-refractivity contribution is 9.10. The van der Waals surface area contributed by atoms with Gasteiger partial charge in [-0.2, -0.15) is 4.31 Å². The predicted octanol–water partition coefficient (Wildman–Crippen LogP) is 2.43. The normalized spacial score (nSPS) is 11.7. The molecule has 0 aliphatic carbocycles. The Labute approximate surface area is 150 Å². The summed E-state index contributed by atoms with van der Waals surface area (Å²) in [4.78, 5) is 4.09. The molecule has 2 rings (SSSR count). The lowest BCUT2D eigenvalue weighted by Gasteiger charge is -2.22. The van der Waals surface area contributed by atoms with Crippen LogP contribution in [0, 0.1) is 0 Å². The molecule has 0 aliphatic rings. The Morgan fingerprint density at radius 1 is 1.25 bits per heavy atom. The van der Waals surface area contributed by atoms with Gasteiger partial charge in [0, 0.05) is 38.2 Å². The second-order valence-electron chi connectivity index (χ2n) is 5.07. The second-order valence-corrected chi connectivity index (χ2v) is 7.86. The van der Waals surface area contributed by atoms with Gasteiger partial charge in [-0.05, 0) is 52.2 Å². The monoisotopic (exact) mass is 414 g/mol. The minimum atomic E-state index is -3.72. The van der Waals surface area contributed by atoms with Gasteiger partial charge in [-0.25, -0.2) is 8.42 Å². The number of ether oxygens (including phenoxy) is 1. The highest BCUT2D eigenvalue weighted by Gasteiger charge is 2.25. The van der Waals surface area contributed by atoms with Crippen molar-refractivity contribution in [3.05, 3.63) is 52.8 Å². The molecule has 1 aromatic carbocycles. The molecule has 0 amide bonds. The van der Waals surface area contributed by atoms with Crippen molar-refractivity contribution >= 4 is 26.0 Å². The molecule has 0 saturated heterocycles. The fourth-order valence-corrected chi connectivity index (χ4v) is 4.06. The summed E-state index contributed by atoms with van der Waals surface area (Å²) in [5.74, 6) is 0.446. The number of rotatable bonds is 8. The molecule has 1 aromatic heterocycles. The van der Waals surface area contributed by atoms with E-state index in [4.69, 9.17) is 9.84 Å². The number of pyridine rings is 1. The molecule has 8 heteroatoms. The molecular weight excluding hydrogens is 396 g/mol. The first-order valence-electron chi connectivity index (χ1n) is 7.32. The molecule has 0 atom stereocenters. The Morgan fingerprint density at radius 2 is 1.96 bits per heavy atom. The van der Waals surface area contributed by atoms with Gasteiger partial charge in [0.2, 0.25) is 10.0 Å². The Hall–Kier alpha value is -1.48. The summed E-state index contributed by atoms with van der Waals surface area (Å²) >= 11 is 3.32. The van der Waals surface area contributed by atoms with Crippen molar-refractivity contribution in [3.8, 4) is 5.75 Å². The number of benzene rings is 1. The molecule has 24 heavy (non-hydrogen) atoms. The van der Waals surface area contributed by atoms with Crippen molar-refractivity contribution < 1.29 is 18.3 Å². The van der Waals surface area contributed by atoms with Crippen LogP contribution >= 0.6 is 15.9 Å². The SMILES string of the molecule is COc1cc(S(=O)(=O)N(CCCO)Cc2ccncc2)ccc1Br. The number of aliphatic hydroxyl groups is 1. The number of sulfonamides is 1. The summed E-state index contributed by atoms with van der Waals surface area (Å²) in [6.45, 7) is 0.356. The van der Waals surface area contributed by atoms with Crippen LogP contribution in [-0.2, 0) is 16.6 Å². The molecule has 0 radical (unpaired) electrons. The van der Waals surface area contributed by atoms with Gasteiger partial charge in [-0.1, -0.05) is 0 Å². The lowest BCUT2D eigenvalue weighted by atomic mass is 10.2. The molecule has 2 aromatic rings. The van der Waals surface area contributed by atoms with E-state index in [0.29, 0.717) is 16.6 Å². The summed E-state index contributed by atoms with van der Waals surface area (Å²) in [6.07, 6.45) is 3.60. The van der Waals surface area contributed by atoms with Crippen LogP contribution in [0.3, 0.4) is 0 Å². The van der Waals surface area contributed by atoms with Crippen LogP contribution in [0.15, 0.2) is 52.1 Å². The van der Waals surface area contributed by atoms with Gasteiger partial charge in [0.1, 0.15) is 5.75 Å². The fraction of sp³-hybridized carbons (Fsp3) is 0.312. The van der Waals surface area contributed by atoms with Crippen LogP contribution in [0.2, 0.25) is 0 Å². The van der Waals surface area contributed by atoms with Crippen molar-refractivity contribution in [1.29, 1.82) is 0 Å². The number of hydrogen-bond donors (Lipinski definition) is 1. The van der Waals surface area contributed by atoms with E-state index in [1.165, 1.54) is 23.5 Å². The summed E-state index contributed by atoms with van der Waals surface area (Å²) in [5.41, 5.74) is 0.829. The highest BCUT2D eigenvalue weighted by atomic mass is 79.9. The lowest BCUT2D eigenvalue weighted by Crippen LogP contribution is -2.32. The number of halogens is 1. The average Bonchev–Trinajstić information content (AvgIpc) is 2.59. The summed E-state index contributed by atoms with van der Waals surface area (Å²) < 4.78 is 33.2. The van der Waals surface area contributed by atoms with E-state index in [1.807, 2.05) is 0 Å². The van der Waals surface area contributed by atoms with Gasteiger partial charge in [0.25, 0.3) is 0 Å². The van der Waals surface area contributed by atoms with E-state index >= 15 is 0 Å². The van der Waals surface area contributed by atoms with Crippen LogP contribution in [-0.4, -0.2) is 43.1 Å². The third kappa shape index (κ3) is 4.54. The van der Waals surface area contributed by atoms with E-state index in [0.717, 1.165) is 5.56 Å². The van der Waals surface area contributed by atoms with Gasteiger partial charge in [-0.3, -0.25) is 4.98 Å². The van der Waals surface area contributed by atoms with Gasteiger partial charge in [-0.15, -0.1) is 0 Å². The van der Waals surface area contributed by atoms with Crippen LogP contribution in [0.4, 0.5) is 0 Å². The van der Waals surface area contributed by atoms with Crippen LogP contribution in [0.5, 0.6) is 5.75 Å². The first-order chi connectivity index (χ1) is 11.5. The van der Waals surface area contributed by atoms with E-state index in [9.17, 15) is 8.42 Å². The first kappa shape index (κ1) is 18.9. The van der Waals surface area contributed by atoms with Crippen molar-refractivity contribution in [2.75, 3.05) is 20.3 Å². The fourth-order valence-electron chi connectivity index (χ4n) is 2.17. The van der Waals surface area contributed by atoms with Gasteiger partial charge >= 0.3 is 0 Å². The Bertz CT molecular complexity index is 769. The molecule has 1 heterocycles. The number of hydrogen-bond acceptors (Lipinski definition) is 5. The molecule has 0 unspecified atom stereocenters. The topological polar surface area (TPSA) is 79.7 Å². The molecule has 0 saturated carbocycles. The van der Waals surface area contributed by atoms with Crippen molar-refractivity contribution in [1.82, 2.24) is 9.29 Å². The zero-order valence-corrected chi connectivity index (χ0v) is 15.6. The second kappa shape index (κ2) is 8.57.